The van der Waals surface area contributed by atoms with Crippen molar-refractivity contribution in [2.24, 2.45) is 0 Å². The molecule has 1 fully saturated rings. The van der Waals surface area contributed by atoms with Gasteiger partial charge in [0.1, 0.15) is 0 Å². The molecule has 13 heavy (non-hydrogen) atoms. The molecule has 0 N–H and O–H groups in total. The Morgan fingerprint density at radius 1 is 1.46 bits per heavy atom. The molecular weight excluding hydrogens is 234 g/mol. The van der Waals surface area contributed by atoms with Crippen molar-refractivity contribution in [3.05, 3.63) is 0 Å². The highest BCUT2D eigenvalue weighted by molar-refractivity contribution is 9.10. The number of morpholine rings is 1. The summed E-state index contributed by atoms with van der Waals surface area (Å²) in [6, 6.07) is 0. The quantitative estimate of drug-likeness (QED) is 0.658. The van der Waals surface area contributed by atoms with Gasteiger partial charge in [-0.1, -0.05) is 15.9 Å². The highest BCUT2D eigenvalue weighted by Gasteiger charge is 2.27. The van der Waals surface area contributed by atoms with Gasteiger partial charge in [-0.15, -0.1) is 0 Å². The Labute approximate surface area is 87.6 Å². The number of halogens is 1. The number of carbonyl (C=O) groups excluding carboxylic acids is 1. The molecule has 1 amide bonds. The van der Waals surface area contributed by atoms with Crippen LogP contribution in [-0.2, 0) is 9.53 Å². The second kappa shape index (κ2) is 4.42. The Kier molecular flexibility index (Phi) is 3.74. The largest absolute Gasteiger partial charge is 0.372 e. The van der Waals surface area contributed by atoms with Gasteiger partial charge in [-0.2, -0.15) is 0 Å². The van der Waals surface area contributed by atoms with E-state index in [0.717, 1.165) is 0 Å². The third kappa shape index (κ3) is 2.95. The van der Waals surface area contributed by atoms with Crippen LogP contribution in [0.15, 0.2) is 0 Å². The van der Waals surface area contributed by atoms with Gasteiger partial charge in [0.15, 0.2) is 0 Å². The molecule has 0 spiro atoms. The summed E-state index contributed by atoms with van der Waals surface area (Å²) in [7, 11) is 0. The number of amides is 1. The monoisotopic (exact) mass is 249 g/mol. The van der Waals surface area contributed by atoms with Gasteiger partial charge in [0, 0.05) is 13.1 Å². The van der Waals surface area contributed by atoms with E-state index in [0.29, 0.717) is 13.1 Å². The first-order valence-electron chi connectivity index (χ1n) is 4.59. The second-order valence-electron chi connectivity index (χ2n) is 3.62. The lowest BCUT2D eigenvalue weighted by Gasteiger charge is -2.35. The number of alkyl halides is 1. The first-order valence-corrected chi connectivity index (χ1v) is 5.50. The van der Waals surface area contributed by atoms with Crippen molar-refractivity contribution in [2.75, 3.05) is 13.1 Å². The minimum absolute atomic E-state index is 0.0926. The van der Waals surface area contributed by atoms with E-state index >= 15 is 0 Å². The normalized spacial score (nSPS) is 31.5. The van der Waals surface area contributed by atoms with Gasteiger partial charge in [0.05, 0.1) is 17.0 Å². The number of rotatable bonds is 1. The van der Waals surface area contributed by atoms with Crippen LogP contribution in [0.1, 0.15) is 20.8 Å². The molecule has 0 saturated carbocycles. The topological polar surface area (TPSA) is 29.5 Å². The van der Waals surface area contributed by atoms with E-state index in [4.69, 9.17) is 4.74 Å². The van der Waals surface area contributed by atoms with Gasteiger partial charge in [0.2, 0.25) is 5.91 Å². The van der Waals surface area contributed by atoms with Gasteiger partial charge in [-0.3, -0.25) is 4.79 Å². The zero-order valence-corrected chi connectivity index (χ0v) is 9.87. The van der Waals surface area contributed by atoms with E-state index in [2.05, 4.69) is 15.9 Å². The summed E-state index contributed by atoms with van der Waals surface area (Å²) >= 11 is 3.28. The molecule has 0 aliphatic carbocycles. The molecule has 1 saturated heterocycles. The summed E-state index contributed by atoms with van der Waals surface area (Å²) in [5, 5.41) is 0. The van der Waals surface area contributed by atoms with Gasteiger partial charge in [-0.25, -0.2) is 0 Å². The Morgan fingerprint density at radius 3 is 2.31 bits per heavy atom. The third-order valence-corrected chi connectivity index (χ3v) is 2.46. The number of hydrogen-bond acceptors (Lipinski definition) is 2. The number of carbonyl (C=O) groups is 1. The van der Waals surface area contributed by atoms with Crippen molar-refractivity contribution >= 4 is 21.8 Å². The molecule has 3 atom stereocenters. The van der Waals surface area contributed by atoms with Crippen molar-refractivity contribution in [1.82, 2.24) is 4.90 Å². The summed E-state index contributed by atoms with van der Waals surface area (Å²) in [5.74, 6) is 0.155. The molecule has 1 heterocycles. The van der Waals surface area contributed by atoms with Crippen LogP contribution in [0.5, 0.6) is 0 Å². The average Bonchev–Trinajstić information content (AvgIpc) is 2.01. The molecular formula is C9H16BrNO2. The maximum atomic E-state index is 11.6. The van der Waals surface area contributed by atoms with Crippen molar-refractivity contribution in [3.8, 4) is 0 Å². The second-order valence-corrected chi connectivity index (χ2v) is 4.99. The van der Waals surface area contributed by atoms with Crippen LogP contribution in [0.4, 0.5) is 0 Å². The SMILES string of the molecule is CC1CN(C(=O)C(C)Br)CC(C)O1. The molecule has 0 radical (unpaired) electrons. The minimum Gasteiger partial charge on any atom is -0.372 e. The molecule has 1 rings (SSSR count). The predicted octanol–water partition coefficient (Wildman–Crippen LogP) is 1.41. The molecule has 0 aromatic carbocycles. The van der Waals surface area contributed by atoms with E-state index < -0.39 is 0 Å². The Morgan fingerprint density at radius 2 is 1.92 bits per heavy atom. The van der Waals surface area contributed by atoms with E-state index in [1.54, 1.807) is 0 Å². The van der Waals surface area contributed by atoms with E-state index in [-0.39, 0.29) is 22.9 Å². The number of hydrogen-bond donors (Lipinski definition) is 0. The smallest absolute Gasteiger partial charge is 0.236 e. The van der Waals surface area contributed by atoms with Crippen molar-refractivity contribution in [1.29, 1.82) is 0 Å². The van der Waals surface area contributed by atoms with E-state index in [1.165, 1.54) is 0 Å². The summed E-state index contributed by atoms with van der Waals surface area (Å²) in [5.41, 5.74) is 0. The van der Waals surface area contributed by atoms with Crippen LogP contribution < -0.4 is 0 Å². The van der Waals surface area contributed by atoms with Gasteiger partial charge >= 0.3 is 0 Å². The zero-order valence-electron chi connectivity index (χ0n) is 8.29. The number of nitrogens with zero attached hydrogens (tertiary/aromatic N) is 1. The molecule has 0 aromatic heterocycles. The summed E-state index contributed by atoms with van der Waals surface area (Å²) in [6.45, 7) is 7.26. The van der Waals surface area contributed by atoms with Crippen LogP contribution in [0.3, 0.4) is 0 Å². The maximum absolute atomic E-state index is 11.6. The molecule has 1 aliphatic rings. The van der Waals surface area contributed by atoms with E-state index in [1.807, 2.05) is 25.7 Å². The molecule has 1 aliphatic heterocycles. The Balaban J connectivity index is 2.55. The minimum atomic E-state index is -0.0926. The summed E-state index contributed by atoms with van der Waals surface area (Å²) in [6.07, 6.45) is 0.304. The maximum Gasteiger partial charge on any atom is 0.236 e. The lowest BCUT2D eigenvalue weighted by atomic mass is 10.2. The van der Waals surface area contributed by atoms with Crippen molar-refractivity contribution in [2.45, 2.75) is 37.8 Å². The Hall–Kier alpha value is -0.0900. The lowest BCUT2D eigenvalue weighted by molar-refractivity contribution is -0.142. The zero-order chi connectivity index (χ0) is 10.0. The van der Waals surface area contributed by atoms with Crippen LogP contribution in [0.25, 0.3) is 0 Å². The average molecular weight is 250 g/mol. The van der Waals surface area contributed by atoms with E-state index in [9.17, 15) is 4.79 Å². The standard InChI is InChI=1S/C9H16BrNO2/c1-6-4-11(5-7(2)13-6)9(12)8(3)10/h6-8H,4-5H2,1-3H3. The number of ether oxygens (including phenoxy) is 1. The first-order chi connectivity index (χ1) is 6.00. The first kappa shape index (κ1) is 11.0. The highest BCUT2D eigenvalue weighted by atomic mass is 79.9. The molecule has 0 bridgehead atoms. The molecule has 4 heteroatoms. The van der Waals surface area contributed by atoms with Crippen LogP contribution >= 0.6 is 15.9 Å². The molecule has 3 nitrogen and oxygen atoms in total. The van der Waals surface area contributed by atoms with Crippen LogP contribution in [-0.4, -0.2) is 40.9 Å². The van der Waals surface area contributed by atoms with Crippen molar-refractivity contribution in [3.63, 3.8) is 0 Å². The molecule has 0 aromatic rings. The highest BCUT2D eigenvalue weighted by Crippen LogP contribution is 2.13. The van der Waals surface area contributed by atoms with Crippen LogP contribution in [0, 0.1) is 0 Å². The summed E-state index contributed by atoms with van der Waals surface area (Å²) < 4.78 is 5.54. The fourth-order valence-corrected chi connectivity index (χ4v) is 1.90. The predicted molar refractivity (Wildman–Crippen MR) is 55.0 cm³/mol. The third-order valence-electron chi connectivity index (χ3n) is 2.07. The molecule has 76 valence electrons. The van der Waals surface area contributed by atoms with Gasteiger partial charge < -0.3 is 9.64 Å². The lowest BCUT2D eigenvalue weighted by Crippen LogP contribution is -2.49. The van der Waals surface area contributed by atoms with Gasteiger partial charge in [-0.05, 0) is 20.8 Å². The van der Waals surface area contributed by atoms with Gasteiger partial charge in [0.25, 0.3) is 0 Å². The summed E-state index contributed by atoms with van der Waals surface area (Å²) in [4.78, 5) is 13.4. The van der Waals surface area contributed by atoms with Crippen molar-refractivity contribution < 1.29 is 9.53 Å². The fraction of sp³-hybridized carbons (Fsp3) is 0.889. The molecule has 3 unspecified atom stereocenters. The van der Waals surface area contributed by atoms with Crippen LogP contribution in [0.2, 0.25) is 0 Å². The fourth-order valence-electron chi connectivity index (χ4n) is 1.61. The Bertz CT molecular complexity index is 186.